The Kier molecular flexibility index (Phi) is 1.54. The zero-order valence-corrected chi connectivity index (χ0v) is 7.20. The van der Waals surface area contributed by atoms with Crippen LogP contribution in [0.2, 0.25) is 0 Å². The molecule has 0 aliphatic carbocycles. The quantitative estimate of drug-likeness (QED) is 0.587. The fourth-order valence-corrected chi connectivity index (χ4v) is 1.28. The lowest BCUT2D eigenvalue weighted by molar-refractivity contribution is 1.05. The third-order valence-electron chi connectivity index (χ3n) is 2.16. The summed E-state index contributed by atoms with van der Waals surface area (Å²) < 4.78 is 0. The number of aryl methyl sites for hydroxylation is 2. The van der Waals surface area contributed by atoms with Crippen LogP contribution in [0.1, 0.15) is 11.1 Å². The van der Waals surface area contributed by atoms with E-state index in [2.05, 4.69) is 36.2 Å². The lowest BCUT2D eigenvalue weighted by Crippen LogP contribution is -1.84. The van der Waals surface area contributed by atoms with Crippen LogP contribution >= 0.6 is 0 Å². The lowest BCUT2D eigenvalue weighted by Gasteiger charge is -2.01. The molecule has 2 nitrogen and oxygen atoms in total. The van der Waals surface area contributed by atoms with Gasteiger partial charge < -0.3 is 0 Å². The van der Waals surface area contributed by atoms with Gasteiger partial charge in [0.15, 0.2) is 0 Å². The van der Waals surface area contributed by atoms with E-state index in [0.29, 0.717) is 0 Å². The van der Waals surface area contributed by atoms with E-state index >= 15 is 0 Å². The fraction of sp³-hybridized carbons (Fsp3) is 0.200. The zero-order valence-electron chi connectivity index (χ0n) is 7.20. The molecule has 0 amide bonds. The molecule has 0 saturated heterocycles. The summed E-state index contributed by atoms with van der Waals surface area (Å²) in [5.41, 5.74) is 2.60. The molecular weight excluding hydrogens is 148 g/mol. The van der Waals surface area contributed by atoms with Gasteiger partial charge in [0, 0.05) is 10.8 Å². The molecule has 0 aliphatic heterocycles. The van der Waals surface area contributed by atoms with Gasteiger partial charge in [0.1, 0.15) is 0 Å². The van der Waals surface area contributed by atoms with Crippen LogP contribution in [0.3, 0.4) is 0 Å². The third kappa shape index (κ3) is 1.05. The average molecular weight is 158 g/mol. The van der Waals surface area contributed by atoms with Crippen molar-refractivity contribution in [2.24, 2.45) is 0 Å². The van der Waals surface area contributed by atoms with Crippen LogP contribution in [-0.4, -0.2) is 10.2 Å². The molecule has 60 valence electrons. The molecule has 0 atom stereocenters. The summed E-state index contributed by atoms with van der Waals surface area (Å²) in [4.78, 5) is 0. The molecule has 0 N–H and O–H groups in total. The van der Waals surface area contributed by atoms with Crippen LogP contribution in [0, 0.1) is 13.8 Å². The predicted molar refractivity (Wildman–Crippen MR) is 49.0 cm³/mol. The number of benzene rings is 1. The molecule has 0 unspecified atom stereocenters. The summed E-state index contributed by atoms with van der Waals surface area (Å²) in [6, 6.07) is 4.28. The maximum Gasteiger partial charge on any atom is 0.0574 e. The Bertz CT molecular complexity index is 381. The summed E-state index contributed by atoms with van der Waals surface area (Å²) in [5.74, 6) is 0. The van der Waals surface area contributed by atoms with E-state index in [0.717, 1.165) is 10.8 Å². The van der Waals surface area contributed by atoms with Gasteiger partial charge in [-0.05, 0) is 37.1 Å². The largest absolute Gasteiger partial charge is 0.158 e. The summed E-state index contributed by atoms with van der Waals surface area (Å²) in [5, 5.41) is 9.99. The van der Waals surface area contributed by atoms with Gasteiger partial charge >= 0.3 is 0 Å². The molecule has 0 aliphatic rings. The molecule has 0 spiro atoms. The van der Waals surface area contributed by atoms with Crippen molar-refractivity contribution >= 4 is 10.8 Å². The summed E-state index contributed by atoms with van der Waals surface area (Å²) in [7, 11) is 0. The van der Waals surface area contributed by atoms with Crippen molar-refractivity contribution in [3.63, 3.8) is 0 Å². The minimum Gasteiger partial charge on any atom is -0.158 e. The highest BCUT2D eigenvalue weighted by atomic mass is 15.1. The first-order valence-electron chi connectivity index (χ1n) is 3.95. The second-order valence-corrected chi connectivity index (χ2v) is 3.05. The van der Waals surface area contributed by atoms with Crippen molar-refractivity contribution in [3.8, 4) is 0 Å². The Morgan fingerprint density at radius 1 is 0.833 bits per heavy atom. The molecule has 0 radical (unpaired) electrons. The highest BCUT2D eigenvalue weighted by Gasteiger charge is 1.96. The van der Waals surface area contributed by atoms with E-state index in [4.69, 9.17) is 0 Å². The van der Waals surface area contributed by atoms with Crippen molar-refractivity contribution in [2.45, 2.75) is 13.8 Å². The average Bonchev–Trinajstić information content (AvgIpc) is 2.07. The molecule has 1 heterocycles. The highest BCUT2D eigenvalue weighted by molar-refractivity contribution is 5.82. The minimum atomic E-state index is 1.16. The van der Waals surface area contributed by atoms with Gasteiger partial charge in [-0.2, -0.15) is 10.2 Å². The number of rotatable bonds is 0. The molecule has 12 heavy (non-hydrogen) atoms. The third-order valence-corrected chi connectivity index (χ3v) is 2.16. The molecule has 2 heteroatoms. The normalized spacial score (nSPS) is 10.5. The number of fused-ring (bicyclic) bond motifs is 1. The summed E-state index contributed by atoms with van der Waals surface area (Å²) in [6.45, 7) is 4.21. The molecule has 1 aromatic heterocycles. The fourth-order valence-electron chi connectivity index (χ4n) is 1.28. The van der Waals surface area contributed by atoms with Gasteiger partial charge in [0.05, 0.1) is 12.4 Å². The maximum absolute atomic E-state index is 3.83. The minimum absolute atomic E-state index is 1.16. The van der Waals surface area contributed by atoms with Gasteiger partial charge in [-0.25, -0.2) is 0 Å². The van der Waals surface area contributed by atoms with Crippen molar-refractivity contribution in [1.29, 1.82) is 0 Å². The first kappa shape index (κ1) is 7.22. The van der Waals surface area contributed by atoms with Crippen LogP contribution in [-0.2, 0) is 0 Å². The molecule has 1 aromatic carbocycles. The standard InChI is InChI=1S/C10H10N2/c1-7-3-9-5-11-12-6-10(9)4-8(7)2/h3-6H,1-2H3. The number of aromatic nitrogens is 2. The van der Waals surface area contributed by atoms with E-state index in [1.807, 2.05) is 0 Å². The van der Waals surface area contributed by atoms with Crippen LogP contribution in [0.5, 0.6) is 0 Å². The Balaban J connectivity index is 2.84. The monoisotopic (exact) mass is 158 g/mol. The van der Waals surface area contributed by atoms with E-state index in [9.17, 15) is 0 Å². The molecule has 2 rings (SSSR count). The summed E-state index contributed by atoms with van der Waals surface area (Å²) >= 11 is 0. The van der Waals surface area contributed by atoms with Crippen LogP contribution in [0.15, 0.2) is 24.5 Å². The van der Waals surface area contributed by atoms with E-state index < -0.39 is 0 Å². The Morgan fingerprint density at radius 2 is 1.25 bits per heavy atom. The smallest absolute Gasteiger partial charge is 0.0574 e. The van der Waals surface area contributed by atoms with Gasteiger partial charge in [-0.3, -0.25) is 0 Å². The van der Waals surface area contributed by atoms with Gasteiger partial charge in [0.25, 0.3) is 0 Å². The van der Waals surface area contributed by atoms with Crippen LogP contribution in [0.25, 0.3) is 10.8 Å². The zero-order chi connectivity index (χ0) is 8.55. The van der Waals surface area contributed by atoms with Crippen molar-refractivity contribution in [1.82, 2.24) is 10.2 Å². The molecule has 2 aromatic rings. The number of hydrogen-bond donors (Lipinski definition) is 0. The topological polar surface area (TPSA) is 25.8 Å². The lowest BCUT2D eigenvalue weighted by atomic mass is 10.1. The maximum atomic E-state index is 3.83. The van der Waals surface area contributed by atoms with Crippen molar-refractivity contribution in [3.05, 3.63) is 35.7 Å². The molecule has 0 saturated carbocycles. The Labute approximate surface area is 71.3 Å². The SMILES string of the molecule is Cc1cc2cnncc2cc1C. The second kappa shape index (κ2) is 2.55. The highest BCUT2D eigenvalue weighted by Crippen LogP contribution is 2.16. The number of hydrogen-bond acceptors (Lipinski definition) is 2. The van der Waals surface area contributed by atoms with Crippen molar-refractivity contribution < 1.29 is 0 Å². The summed E-state index contributed by atoms with van der Waals surface area (Å²) in [6.07, 6.45) is 3.59. The van der Waals surface area contributed by atoms with Gasteiger partial charge in [-0.1, -0.05) is 0 Å². The van der Waals surface area contributed by atoms with Gasteiger partial charge in [0.2, 0.25) is 0 Å². The number of nitrogens with zero attached hydrogens (tertiary/aromatic N) is 2. The molecule has 0 bridgehead atoms. The van der Waals surface area contributed by atoms with E-state index in [1.54, 1.807) is 12.4 Å². The van der Waals surface area contributed by atoms with Crippen LogP contribution in [0.4, 0.5) is 0 Å². The van der Waals surface area contributed by atoms with Crippen molar-refractivity contribution in [2.75, 3.05) is 0 Å². The van der Waals surface area contributed by atoms with Crippen LogP contribution < -0.4 is 0 Å². The Morgan fingerprint density at radius 3 is 1.67 bits per heavy atom. The van der Waals surface area contributed by atoms with E-state index in [-0.39, 0.29) is 0 Å². The second-order valence-electron chi connectivity index (χ2n) is 3.05. The van der Waals surface area contributed by atoms with E-state index in [1.165, 1.54) is 11.1 Å². The first-order chi connectivity index (χ1) is 5.77. The molecular formula is C10H10N2. The van der Waals surface area contributed by atoms with Gasteiger partial charge in [-0.15, -0.1) is 0 Å². The molecule has 0 fully saturated rings. The Hall–Kier alpha value is -1.44. The first-order valence-corrected chi connectivity index (χ1v) is 3.95. The predicted octanol–water partition coefficient (Wildman–Crippen LogP) is 2.25.